The van der Waals surface area contributed by atoms with Crippen molar-refractivity contribution in [1.29, 1.82) is 0 Å². The van der Waals surface area contributed by atoms with Crippen molar-refractivity contribution in [3.8, 4) is 5.88 Å². The van der Waals surface area contributed by atoms with Crippen molar-refractivity contribution in [3.05, 3.63) is 18.3 Å². The van der Waals surface area contributed by atoms with Gasteiger partial charge in [-0.25, -0.2) is 4.98 Å². The first kappa shape index (κ1) is 13.4. The van der Waals surface area contributed by atoms with Crippen LogP contribution in [0.3, 0.4) is 0 Å². The van der Waals surface area contributed by atoms with E-state index in [4.69, 9.17) is 4.74 Å². The van der Waals surface area contributed by atoms with Crippen LogP contribution in [0.4, 0.5) is 5.69 Å². The van der Waals surface area contributed by atoms with Crippen LogP contribution in [-0.2, 0) is 4.79 Å². The third kappa shape index (κ3) is 4.03. The summed E-state index contributed by atoms with van der Waals surface area (Å²) in [6.45, 7) is 5.40. The highest BCUT2D eigenvalue weighted by molar-refractivity contribution is 5.93. The summed E-state index contributed by atoms with van der Waals surface area (Å²) >= 11 is 0. The normalized spacial score (nSPS) is 11.9. The lowest BCUT2D eigenvalue weighted by Gasteiger charge is -2.13. The molecular formula is C12H19N3O2. The Kier molecular flexibility index (Phi) is 5.42. The first-order valence-electron chi connectivity index (χ1n) is 5.69. The molecule has 1 heterocycles. The largest absolute Gasteiger partial charge is 0.480 e. The minimum atomic E-state index is -0.0973. The molecule has 2 N–H and O–H groups in total. The Bertz CT molecular complexity index is 369. The zero-order chi connectivity index (χ0) is 12.7. The molecule has 1 atom stereocenters. The Balaban J connectivity index is 2.61. The molecule has 1 unspecified atom stereocenters. The monoisotopic (exact) mass is 237 g/mol. The number of methoxy groups -OCH3 is 1. The van der Waals surface area contributed by atoms with E-state index < -0.39 is 0 Å². The van der Waals surface area contributed by atoms with E-state index in [1.807, 2.05) is 13.8 Å². The molecule has 0 aromatic carbocycles. The van der Waals surface area contributed by atoms with Crippen LogP contribution in [0.25, 0.3) is 0 Å². The van der Waals surface area contributed by atoms with Crippen molar-refractivity contribution in [2.24, 2.45) is 5.92 Å². The summed E-state index contributed by atoms with van der Waals surface area (Å²) in [6.07, 6.45) is 1.62. The van der Waals surface area contributed by atoms with Gasteiger partial charge in [0.05, 0.1) is 7.11 Å². The number of nitrogens with zero attached hydrogens (tertiary/aromatic N) is 1. The second-order valence-corrected chi connectivity index (χ2v) is 3.76. The van der Waals surface area contributed by atoms with Gasteiger partial charge in [0.25, 0.3) is 0 Å². The van der Waals surface area contributed by atoms with E-state index >= 15 is 0 Å². The summed E-state index contributed by atoms with van der Waals surface area (Å²) in [5, 5.41) is 5.94. The van der Waals surface area contributed by atoms with E-state index in [9.17, 15) is 4.79 Å². The number of pyridine rings is 1. The summed E-state index contributed by atoms with van der Waals surface area (Å²) in [5.74, 6) is 0.286. The lowest BCUT2D eigenvalue weighted by atomic mass is 10.1. The number of rotatable bonds is 6. The molecule has 1 amide bonds. The number of anilines is 1. The summed E-state index contributed by atoms with van der Waals surface area (Å²) < 4.78 is 5.07. The molecule has 0 aliphatic heterocycles. The minimum absolute atomic E-state index is 0.0442. The minimum Gasteiger partial charge on any atom is -0.480 e. The molecule has 1 aromatic rings. The van der Waals surface area contributed by atoms with Crippen molar-refractivity contribution in [2.45, 2.75) is 13.8 Å². The van der Waals surface area contributed by atoms with Gasteiger partial charge in [-0.3, -0.25) is 4.79 Å². The van der Waals surface area contributed by atoms with Crippen LogP contribution in [0.15, 0.2) is 18.3 Å². The third-order valence-corrected chi connectivity index (χ3v) is 2.37. The molecule has 94 valence electrons. The molecule has 1 aromatic heterocycles. The highest BCUT2D eigenvalue weighted by atomic mass is 16.5. The van der Waals surface area contributed by atoms with Crippen molar-refractivity contribution in [2.75, 3.05) is 25.5 Å². The van der Waals surface area contributed by atoms with Crippen LogP contribution in [-0.4, -0.2) is 31.1 Å². The number of carbonyl (C=O) groups excluding carboxylic acids is 1. The lowest BCUT2D eigenvalue weighted by molar-refractivity contribution is -0.119. The van der Waals surface area contributed by atoms with Gasteiger partial charge in [-0.05, 0) is 18.7 Å². The average molecular weight is 237 g/mol. The fourth-order valence-corrected chi connectivity index (χ4v) is 1.36. The molecule has 5 heteroatoms. The summed E-state index contributed by atoms with van der Waals surface area (Å²) in [5.41, 5.74) is 0.600. The molecule has 0 aliphatic rings. The Morgan fingerprint density at radius 2 is 2.35 bits per heavy atom. The average Bonchev–Trinajstić information content (AvgIpc) is 2.36. The van der Waals surface area contributed by atoms with E-state index in [0.717, 1.165) is 6.54 Å². The predicted octanol–water partition coefficient (Wildman–Crippen LogP) is 1.27. The summed E-state index contributed by atoms with van der Waals surface area (Å²) in [4.78, 5) is 15.9. The molecule has 0 aliphatic carbocycles. The van der Waals surface area contributed by atoms with Gasteiger partial charge in [-0.2, -0.15) is 0 Å². The molecular weight excluding hydrogens is 218 g/mol. The third-order valence-electron chi connectivity index (χ3n) is 2.37. The number of amides is 1. The van der Waals surface area contributed by atoms with Gasteiger partial charge in [0.15, 0.2) is 0 Å². The zero-order valence-electron chi connectivity index (χ0n) is 10.5. The van der Waals surface area contributed by atoms with Crippen LogP contribution in [0.1, 0.15) is 13.8 Å². The smallest absolute Gasteiger partial charge is 0.237 e. The number of hydrogen-bond acceptors (Lipinski definition) is 4. The van der Waals surface area contributed by atoms with Crippen LogP contribution in [0.2, 0.25) is 0 Å². The first-order valence-corrected chi connectivity index (χ1v) is 5.69. The highest BCUT2D eigenvalue weighted by Crippen LogP contribution is 2.20. The van der Waals surface area contributed by atoms with Gasteiger partial charge in [0, 0.05) is 18.7 Å². The second kappa shape index (κ2) is 6.85. The molecule has 0 bridgehead atoms. The van der Waals surface area contributed by atoms with Crippen molar-refractivity contribution < 1.29 is 9.53 Å². The van der Waals surface area contributed by atoms with Crippen molar-refractivity contribution in [1.82, 2.24) is 10.3 Å². The van der Waals surface area contributed by atoms with Crippen LogP contribution in [0, 0.1) is 5.92 Å². The molecule has 0 saturated carbocycles. The van der Waals surface area contributed by atoms with E-state index in [1.165, 1.54) is 7.11 Å². The number of aromatic nitrogens is 1. The van der Waals surface area contributed by atoms with Crippen LogP contribution in [0.5, 0.6) is 5.88 Å². The maximum atomic E-state index is 11.9. The number of nitrogens with one attached hydrogen (secondary N) is 2. The van der Waals surface area contributed by atoms with Gasteiger partial charge in [-0.15, -0.1) is 0 Å². The highest BCUT2D eigenvalue weighted by Gasteiger charge is 2.14. The summed E-state index contributed by atoms with van der Waals surface area (Å²) in [7, 11) is 1.53. The van der Waals surface area contributed by atoms with E-state index in [2.05, 4.69) is 15.6 Å². The Morgan fingerprint density at radius 1 is 1.59 bits per heavy atom. The Morgan fingerprint density at radius 3 is 3.00 bits per heavy atom. The van der Waals surface area contributed by atoms with Crippen molar-refractivity contribution in [3.63, 3.8) is 0 Å². The van der Waals surface area contributed by atoms with E-state index in [-0.39, 0.29) is 11.8 Å². The maximum Gasteiger partial charge on any atom is 0.237 e. The number of carbonyl (C=O) groups is 1. The topological polar surface area (TPSA) is 63.2 Å². The molecule has 0 radical (unpaired) electrons. The van der Waals surface area contributed by atoms with E-state index in [1.54, 1.807) is 18.3 Å². The number of ether oxygens (including phenoxy) is 1. The summed E-state index contributed by atoms with van der Waals surface area (Å²) in [6, 6.07) is 3.52. The first-order chi connectivity index (χ1) is 8.19. The van der Waals surface area contributed by atoms with Gasteiger partial charge in [0.2, 0.25) is 11.8 Å². The molecule has 17 heavy (non-hydrogen) atoms. The van der Waals surface area contributed by atoms with E-state index in [0.29, 0.717) is 18.1 Å². The maximum absolute atomic E-state index is 11.9. The molecule has 0 fully saturated rings. The van der Waals surface area contributed by atoms with Crippen LogP contribution >= 0.6 is 0 Å². The molecule has 1 rings (SSSR count). The quantitative estimate of drug-likeness (QED) is 0.782. The second-order valence-electron chi connectivity index (χ2n) is 3.76. The van der Waals surface area contributed by atoms with Crippen LogP contribution < -0.4 is 15.4 Å². The fourth-order valence-electron chi connectivity index (χ4n) is 1.36. The van der Waals surface area contributed by atoms with Gasteiger partial charge in [0.1, 0.15) is 5.69 Å². The fraction of sp³-hybridized carbons (Fsp3) is 0.500. The van der Waals surface area contributed by atoms with Gasteiger partial charge in [-0.1, -0.05) is 13.8 Å². The standard InChI is InChI=1S/C12H19N3O2/c1-4-13-8-9(2)11(16)15-10-6-5-7-14-12(10)17-3/h5-7,9,13H,4,8H2,1-3H3,(H,15,16). The molecule has 0 saturated heterocycles. The van der Waals surface area contributed by atoms with Gasteiger partial charge >= 0.3 is 0 Å². The number of hydrogen-bond donors (Lipinski definition) is 2. The SMILES string of the molecule is CCNCC(C)C(=O)Nc1cccnc1OC. The van der Waals surface area contributed by atoms with Gasteiger partial charge < -0.3 is 15.4 Å². The molecule has 5 nitrogen and oxygen atoms in total. The van der Waals surface area contributed by atoms with Crippen molar-refractivity contribution >= 4 is 11.6 Å². The molecule has 0 spiro atoms. The predicted molar refractivity (Wildman–Crippen MR) is 67.1 cm³/mol. The Labute approximate surface area is 102 Å². The zero-order valence-corrected chi connectivity index (χ0v) is 10.5. The lowest BCUT2D eigenvalue weighted by Crippen LogP contribution is -2.30. The Hall–Kier alpha value is -1.62.